The quantitative estimate of drug-likeness (QED) is 0.866. The van der Waals surface area contributed by atoms with Crippen molar-refractivity contribution in [1.82, 2.24) is 5.32 Å². The second-order valence-corrected chi connectivity index (χ2v) is 4.82. The summed E-state index contributed by atoms with van der Waals surface area (Å²) in [4.78, 5) is 13.6. The van der Waals surface area contributed by atoms with Crippen LogP contribution in [0.3, 0.4) is 0 Å². The third-order valence-electron chi connectivity index (χ3n) is 3.42. The Kier molecular flexibility index (Phi) is 3.43. The fraction of sp³-hybridized carbons (Fsp3) is 0.267. The number of anilines is 1. The highest BCUT2D eigenvalue weighted by Crippen LogP contribution is 2.23. The predicted octanol–water partition coefficient (Wildman–Crippen LogP) is 1.46. The molecule has 2 heterocycles. The number of benzene rings is 1. The summed E-state index contributed by atoms with van der Waals surface area (Å²) in [6, 6.07) is 9.53. The van der Waals surface area contributed by atoms with E-state index < -0.39 is 5.43 Å². The number of para-hydroxylation sites is 1. The van der Waals surface area contributed by atoms with E-state index in [0.29, 0.717) is 12.3 Å². The van der Waals surface area contributed by atoms with E-state index in [4.69, 9.17) is 4.42 Å². The number of nitrogens with one attached hydrogen (secondary N) is 1. The van der Waals surface area contributed by atoms with Crippen LogP contribution < -0.4 is 15.6 Å². The predicted molar refractivity (Wildman–Crippen MR) is 75.8 cm³/mol. The zero-order valence-electron chi connectivity index (χ0n) is 11.0. The van der Waals surface area contributed by atoms with Crippen molar-refractivity contribution in [2.75, 3.05) is 18.0 Å². The molecule has 1 aromatic heterocycles. The van der Waals surface area contributed by atoms with Crippen molar-refractivity contribution in [2.24, 2.45) is 0 Å². The highest BCUT2D eigenvalue weighted by molar-refractivity contribution is 5.54. The molecule has 5 heteroatoms. The van der Waals surface area contributed by atoms with Gasteiger partial charge in [-0.25, -0.2) is 0 Å². The minimum absolute atomic E-state index is 0.355. The maximum atomic E-state index is 11.5. The third kappa shape index (κ3) is 2.53. The van der Waals surface area contributed by atoms with Crippen molar-refractivity contribution < 1.29 is 9.52 Å². The van der Waals surface area contributed by atoms with Crippen LogP contribution in [0.4, 0.5) is 5.69 Å². The molecule has 104 valence electrons. The Morgan fingerprint density at radius 3 is 3.05 bits per heavy atom. The molecular formula is C15H16N2O3. The van der Waals surface area contributed by atoms with E-state index in [1.807, 2.05) is 12.1 Å². The molecule has 0 aliphatic carbocycles. The number of nitrogens with zero attached hydrogens (tertiary/aromatic N) is 1. The normalized spacial score (nSPS) is 14.7. The lowest BCUT2D eigenvalue weighted by Gasteiger charge is -2.23. The summed E-state index contributed by atoms with van der Waals surface area (Å²) < 4.78 is 5.29. The molecule has 1 aliphatic rings. The van der Waals surface area contributed by atoms with Crippen molar-refractivity contribution in [3.05, 3.63) is 58.1 Å². The van der Waals surface area contributed by atoms with Gasteiger partial charge in [-0.05, 0) is 11.6 Å². The van der Waals surface area contributed by atoms with Gasteiger partial charge in [0.2, 0.25) is 5.43 Å². The summed E-state index contributed by atoms with van der Waals surface area (Å²) in [6.07, 6.45) is 1.10. The molecular weight excluding hydrogens is 256 g/mol. The maximum absolute atomic E-state index is 11.5. The molecule has 2 N–H and O–H groups in total. The van der Waals surface area contributed by atoms with E-state index in [-0.39, 0.29) is 5.75 Å². The molecule has 0 fully saturated rings. The van der Waals surface area contributed by atoms with Gasteiger partial charge in [-0.2, -0.15) is 0 Å². The smallest absolute Gasteiger partial charge is 0.226 e. The summed E-state index contributed by atoms with van der Waals surface area (Å²) in [5, 5.41) is 12.6. The number of rotatable bonds is 2. The van der Waals surface area contributed by atoms with Crippen LogP contribution in [-0.2, 0) is 13.1 Å². The molecule has 1 aromatic carbocycles. The van der Waals surface area contributed by atoms with E-state index in [1.54, 1.807) is 0 Å². The first-order chi connectivity index (χ1) is 9.74. The van der Waals surface area contributed by atoms with Gasteiger partial charge >= 0.3 is 0 Å². The Morgan fingerprint density at radius 2 is 2.20 bits per heavy atom. The Balaban J connectivity index is 1.90. The van der Waals surface area contributed by atoms with Crippen molar-refractivity contribution in [3.8, 4) is 5.75 Å². The number of fused-ring (bicyclic) bond motifs is 1. The molecule has 0 amide bonds. The van der Waals surface area contributed by atoms with Crippen LogP contribution in [0, 0.1) is 0 Å². The minimum Gasteiger partial charge on any atom is -0.502 e. The van der Waals surface area contributed by atoms with E-state index in [1.165, 1.54) is 11.6 Å². The lowest BCUT2D eigenvalue weighted by atomic mass is 10.1. The molecule has 5 nitrogen and oxygen atoms in total. The molecule has 0 saturated heterocycles. The zero-order chi connectivity index (χ0) is 13.9. The topological polar surface area (TPSA) is 65.7 Å². The summed E-state index contributed by atoms with van der Waals surface area (Å²) in [6.45, 7) is 3.05. The molecule has 20 heavy (non-hydrogen) atoms. The van der Waals surface area contributed by atoms with Gasteiger partial charge in [0, 0.05) is 31.4 Å². The summed E-state index contributed by atoms with van der Waals surface area (Å²) in [5.74, 6) is 0.191. The monoisotopic (exact) mass is 272 g/mol. The van der Waals surface area contributed by atoms with Gasteiger partial charge in [0.1, 0.15) is 12.0 Å². The van der Waals surface area contributed by atoms with Crippen LogP contribution in [0.2, 0.25) is 0 Å². The Bertz CT molecular complexity index is 666. The van der Waals surface area contributed by atoms with Crippen LogP contribution in [0.15, 0.2) is 45.8 Å². The van der Waals surface area contributed by atoms with E-state index in [0.717, 1.165) is 31.6 Å². The first kappa shape index (κ1) is 12.7. The Morgan fingerprint density at radius 1 is 1.35 bits per heavy atom. The fourth-order valence-electron chi connectivity index (χ4n) is 2.41. The van der Waals surface area contributed by atoms with Crippen molar-refractivity contribution in [1.29, 1.82) is 0 Å². The van der Waals surface area contributed by atoms with E-state index in [9.17, 15) is 9.90 Å². The van der Waals surface area contributed by atoms with Gasteiger partial charge in [-0.3, -0.25) is 4.79 Å². The molecule has 1 aliphatic heterocycles. The molecule has 0 bridgehead atoms. The molecule has 0 unspecified atom stereocenters. The van der Waals surface area contributed by atoms with E-state index in [2.05, 4.69) is 22.3 Å². The van der Waals surface area contributed by atoms with Crippen LogP contribution in [0.25, 0.3) is 0 Å². The van der Waals surface area contributed by atoms with Gasteiger partial charge in [0.05, 0.1) is 6.54 Å². The first-order valence-corrected chi connectivity index (χ1v) is 6.58. The van der Waals surface area contributed by atoms with Crippen LogP contribution in [0.5, 0.6) is 5.75 Å². The average molecular weight is 272 g/mol. The fourth-order valence-corrected chi connectivity index (χ4v) is 2.41. The minimum atomic E-state index is -0.410. The Hall–Kier alpha value is -2.27. The number of hydrogen-bond donors (Lipinski definition) is 2. The number of hydrogen-bond acceptors (Lipinski definition) is 5. The van der Waals surface area contributed by atoms with Gasteiger partial charge < -0.3 is 19.7 Å². The highest BCUT2D eigenvalue weighted by Gasteiger charge is 2.16. The van der Waals surface area contributed by atoms with Crippen LogP contribution in [-0.4, -0.2) is 18.2 Å². The van der Waals surface area contributed by atoms with Gasteiger partial charge in [0.15, 0.2) is 5.75 Å². The van der Waals surface area contributed by atoms with Gasteiger partial charge in [-0.15, -0.1) is 0 Å². The van der Waals surface area contributed by atoms with Crippen molar-refractivity contribution in [3.63, 3.8) is 0 Å². The third-order valence-corrected chi connectivity index (χ3v) is 3.42. The van der Waals surface area contributed by atoms with Crippen molar-refractivity contribution >= 4 is 5.69 Å². The van der Waals surface area contributed by atoms with Crippen molar-refractivity contribution in [2.45, 2.75) is 13.1 Å². The second kappa shape index (κ2) is 5.38. The zero-order valence-corrected chi connectivity index (χ0v) is 11.0. The highest BCUT2D eigenvalue weighted by atomic mass is 16.4. The standard InChI is InChI=1S/C15H16N2O3/c18-14-7-12(20-10-15(14)19)9-17-6-5-16-8-11-3-1-2-4-13(11)17/h1-4,7,10,16,19H,5-6,8-9H2. The summed E-state index contributed by atoms with van der Waals surface area (Å²) >= 11 is 0. The van der Waals surface area contributed by atoms with Crippen LogP contribution in [0.1, 0.15) is 11.3 Å². The molecule has 0 atom stereocenters. The average Bonchev–Trinajstić information content (AvgIpc) is 2.66. The molecule has 0 spiro atoms. The molecule has 3 rings (SSSR count). The number of aromatic hydroxyl groups is 1. The summed E-state index contributed by atoms with van der Waals surface area (Å²) in [5.41, 5.74) is 1.96. The van der Waals surface area contributed by atoms with E-state index >= 15 is 0 Å². The van der Waals surface area contributed by atoms with Gasteiger partial charge in [0.25, 0.3) is 0 Å². The lowest BCUT2D eigenvalue weighted by Crippen LogP contribution is -2.28. The molecule has 2 aromatic rings. The largest absolute Gasteiger partial charge is 0.502 e. The SMILES string of the molecule is O=c1cc(CN2CCNCc3ccccc32)occ1O. The maximum Gasteiger partial charge on any atom is 0.226 e. The lowest BCUT2D eigenvalue weighted by molar-refractivity contribution is 0.411. The Labute approximate surface area is 116 Å². The summed E-state index contributed by atoms with van der Waals surface area (Å²) in [7, 11) is 0. The first-order valence-electron chi connectivity index (χ1n) is 6.58. The van der Waals surface area contributed by atoms with Crippen LogP contribution >= 0.6 is 0 Å². The van der Waals surface area contributed by atoms with Gasteiger partial charge in [-0.1, -0.05) is 18.2 Å². The molecule has 0 saturated carbocycles. The second-order valence-electron chi connectivity index (χ2n) is 4.82. The molecule has 0 radical (unpaired) electrons.